The molecule has 0 fully saturated rings. The van der Waals surface area contributed by atoms with Gasteiger partial charge in [0.05, 0.1) is 12.3 Å². The van der Waals surface area contributed by atoms with E-state index in [2.05, 4.69) is 15.3 Å². The smallest absolute Gasteiger partial charge is 0.223 e. The van der Waals surface area contributed by atoms with Crippen molar-refractivity contribution in [3.05, 3.63) is 36.0 Å². The Balaban J connectivity index is 2.39. The minimum Gasteiger partial charge on any atom is -0.493 e. The molecule has 1 aromatic carbocycles. The molecule has 0 saturated carbocycles. The third-order valence-electron chi connectivity index (χ3n) is 2.74. The molecule has 5 nitrogen and oxygen atoms in total. The zero-order chi connectivity index (χ0) is 14.4. The highest BCUT2D eigenvalue weighted by molar-refractivity contribution is 5.68. The minimum atomic E-state index is 0.544. The van der Waals surface area contributed by atoms with Gasteiger partial charge in [0.15, 0.2) is 0 Å². The Kier molecular flexibility index (Phi) is 4.90. The fourth-order valence-electron chi connectivity index (χ4n) is 1.93. The quantitative estimate of drug-likeness (QED) is 0.843. The van der Waals surface area contributed by atoms with Gasteiger partial charge in [0.2, 0.25) is 5.95 Å². The summed E-state index contributed by atoms with van der Waals surface area (Å²) in [4.78, 5) is 8.88. The van der Waals surface area contributed by atoms with Crippen LogP contribution < -0.4 is 15.8 Å². The third-order valence-corrected chi connectivity index (χ3v) is 2.74. The van der Waals surface area contributed by atoms with Crippen LogP contribution in [0.25, 0.3) is 11.3 Å². The number of rotatable bonds is 6. The summed E-state index contributed by atoms with van der Waals surface area (Å²) in [7, 11) is 0. The predicted octanol–water partition coefficient (Wildman–Crippen LogP) is 2.22. The zero-order valence-corrected chi connectivity index (χ0v) is 11.9. The number of aromatic nitrogens is 2. The molecule has 0 aliphatic heterocycles. The maximum atomic E-state index is 5.65. The number of para-hydroxylation sites is 1. The van der Waals surface area contributed by atoms with Gasteiger partial charge in [-0.25, -0.2) is 9.97 Å². The van der Waals surface area contributed by atoms with Crippen LogP contribution >= 0.6 is 0 Å². The lowest BCUT2D eigenvalue weighted by atomic mass is 10.1. The van der Waals surface area contributed by atoms with Crippen LogP contribution in [0.4, 0.5) is 5.95 Å². The van der Waals surface area contributed by atoms with Gasteiger partial charge in [-0.05, 0) is 32.0 Å². The summed E-state index contributed by atoms with van der Waals surface area (Å²) < 4.78 is 5.65. The fourth-order valence-corrected chi connectivity index (χ4v) is 1.93. The first-order chi connectivity index (χ1) is 9.74. The van der Waals surface area contributed by atoms with E-state index >= 15 is 0 Å². The Bertz CT molecular complexity index is 572. The van der Waals surface area contributed by atoms with E-state index in [4.69, 9.17) is 10.5 Å². The number of nitrogens with two attached hydrogens (primary N) is 1. The third kappa shape index (κ3) is 3.45. The summed E-state index contributed by atoms with van der Waals surface area (Å²) >= 11 is 0. The maximum absolute atomic E-state index is 5.65. The molecule has 3 N–H and O–H groups in total. The minimum absolute atomic E-state index is 0.544. The van der Waals surface area contributed by atoms with Gasteiger partial charge in [-0.15, -0.1) is 0 Å². The summed E-state index contributed by atoms with van der Waals surface area (Å²) in [6.45, 7) is 5.73. The molecule has 0 radical (unpaired) electrons. The normalized spacial score (nSPS) is 10.3. The number of benzene rings is 1. The van der Waals surface area contributed by atoms with Crippen LogP contribution in [-0.4, -0.2) is 29.7 Å². The van der Waals surface area contributed by atoms with Crippen LogP contribution in [0, 0.1) is 6.92 Å². The molecule has 1 aromatic heterocycles. The Morgan fingerprint density at radius 3 is 2.80 bits per heavy atom. The molecule has 106 valence electrons. The Morgan fingerprint density at radius 1 is 1.25 bits per heavy atom. The van der Waals surface area contributed by atoms with E-state index in [0.717, 1.165) is 22.7 Å². The van der Waals surface area contributed by atoms with Crippen molar-refractivity contribution in [1.29, 1.82) is 0 Å². The number of nitrogens with zero attached hydrogens (tertiary/aromatic N) is 2. The van der Waals surface area contributed by atoms with Crippen molar-refractivity contribution in [2.75, 3.05) is 25.0 Å². The molecule has 0 aliphatic carbocycles. The average Bonchev–Trinajstić information content (AvgIpc) is 2.45. The summed E-state index contributed by atoms with van der Waals surface area (Å²) in [6.07, 6.45) is 0. The molecule has 2 rings (SSSR count). The first-order valence-electron chi connectivity index (χ1n) is 6.76. The molecule has 5 heteroatoms. The zero-order valence-electron chi connectivity index (χ0n) is 11.9. The second kappa shape index (κ2) is 6.86. The van der Waals surface area contributed by atoms with Gasteiger partial charge in [0, 0.05) is 24.3 Å². The van der Waals surface area contributed by atoms with Crippen molar-refractivity contribution in [2.24, 2.45) is 5.73 Å². The highest BCUT2D eigenvalue weighted by Crippen LogP contribution is 2.29. The average molecular weight is 272 g/mol. The van der Waals surface area contributed by atoms with Crippen molar-refractivity contribution in [3.63, 3.8) is 0 Å². The number of hydrogen-bond donors (Lipinski definition) is 2. The van der Waals surface area contributed by atoms with E-state index in [1.54, 1.807) is 0 Å². The molecule has 0 bridgehead atoms. The first-order valence-corrected chi connectivity index (χ1v) is 6.76. The second-order valence-corrected chi connectivity index (χ2v) is 4.36. The molecule has 20 heavy (non-hydrogen) atoms. The lowest BCUT2D eigenvalue weighted by Gasteiger charge is -2.11. The van der Waals surface area contributed by atoms with E-state index in [0.29, 0.717) is 25.6 Å². The molecule has 0 spiro atoms. The van der Waals surface area contributed by atoms with E-state index in [9.17, 15) is 0 Å². The van der Waals surface area contributed by atoms with Gasteiger partial charge >= 0.3 is 0 Å². The van der Waals surface area contributed by atoms with E-state index in [1.807, 2.05) is 44.2 Å². The summed E-state index contributed by atoms with van der Waals surface area (Å²) in [5.41, 5.74) is 8.21. The second-order valence-electron chi connectivity index (χ2n) is 4.36. The molecular weight excluding hydrogens is 252 g/mol. The SMILES string of the molecule is CCOc1ccccc1-c1cc(C)nc(NCCN)n1. The van der Waals surface area contributed by atoms with Gasteiger partial charge in [0.25, 0.3) is 0 Å². The van der Waals surface area contributed by atoms with Crippen molar-refractivity contribution in [3.8, 4) is 17.0 Å². The van der Waals surface area contributed by atoms with Crippen LogP contribution in [0.5, 0.6) is 5.75 Å². The summed E-state index contributed by atoms with van der Waals surface area (Å²) in [5.74, 6) is 1.43. The number of hydrogen-bond acceptors (Lipinski definition) is 5. The van der Waals surface area contributed by atoms with E-state index < -0.39 is 0 Å². The molecule has 0 atom stereocenters. The number of anilines is 1. The summed E-state index contributed by atoms with van der Waals surface area (Å²) in [5, 5.41) is 3.11. The fraction of sp³-hybridized carbons (Fsp3) is 0.333. The molecule has 2 aromatic rings. The summed E-state index contributed by atoms with van der Waals surface area (Å²) in [6, 6.07) is 9.83. The lowest BCUT2D eigenvalue weighted by Crippen LogP contribution is -2.15. The monoisotopic (exact) mass is 272 g/mol. The van der Waals surface area contributed by atoms with Crippen molar-refractivity contribution in [1.82, 2.24) is 9.97 Å². The number of aryl methyl sites for hydroxylation is 1. The highest BCUT2D eigenvalue weighted by atomic mass is 16.5. The van der Waals surface area contributed by atoms with E-state index in [1.165, 1.54) is 0 Å². The van der Waals surface area contributed by atoms with Crippen molar-refractivity contribution in [2.45, 2.75) is 13.8 Å². The maximum Gasteiger partial charge on any atom is 0.223 e. The van der Waals surface area contributed by atoms with Gasteiger partial charge in [0.1, 0.15) is 5.75 Å². The Labute approximate surface area is 119 Å². The van der Waals surface area contributed by atoms with Crippen LogP contribution in [0.3, 0.4) is 0 Å². The first kappa shape index (κ1) is 14.3. The van der Waals surface area contributed by atoms with Crippen LogP contribution in [0.1, 0.15) is 12.6 Å². The molecule has 0 unspecified atom stereocenters. The van der Waals surface area contributed by atoms with Crippen LogP contribution in [0.2, 0.25) is 0 Å². The van der Waals surface area contributed by atoms with Crippen molar-refractivity contribution < 1.29 is 4.74 Å². The number of ether oxygens (including phenoxy) is 1. The predicted molar refractivity (Wildman–Crippen MR) is 80.9 cm³/mol. The highest BCUT2D eigenvalue weighted by Gasteiger charge is 2.09. The van der Waals surface area contributed by atoms with Crippen LogP contribution in [0.15, 0.2) is 30.3 Å². The topological polar surface area (TPSA) is 73.1 Å². The number of nitrogens with one attached hydrogen (secondary N) is 1. The van der Waals surface area contributed by atoms with E-state index in [-0.39, 0.29) is 0 Å². The Hall–Kier alpha value is -2.14. The lowest BCUT2D eigenvalue weighted by molar-refractivity contribution is 0.341. The van der Waals surface area contributed by atoms with Gasteiger partial charge in [-0.3, -0.25) is 0 Å². The van der Waals surface area contributed by atoms with Gasteiger partial charge in [-0.2, -0.15) is 0 Å². The molecule has 0 amide bonds. The van der Waals surface area contributed by atoms with Gasteiger partial charge < -0.3 is 15.8 Å². The van der Waals surface area contributed by atoms with Crippen LogP contribution in [-0.2, 0) is 0 Å². The molecule has 0 saturated heterocycles. The van der Waals surface area contributed by atoms with Gasteiger partial charge in [-0.1, -0.05) is 12.1 Å². The largest absolute Gasteiger partial charge is 0.493 e. The Morgan fingerprint density at radius 2 is 2.05 bits per heavy atom. The molecule has 0 aliphatic rings. The standard InChI is InChI=1S/C15H20N4O/c1-3-20-14-7-5-4-6-12(14)13-10-11(2)18-15(19-13)17-9-8-16/h4-7,10H,3,8-9,16H2,1-2H3,(H,17,18,19). The molecule has 1 heterocycles. The molecular formula is C15H20N4O. The van der Waals surface area contributed by atoms with Crippen molar-refractivity contribution >= 4 is 5.95 Å².